The second-order valence-corrected chi connectivity index (χ2v) is 12.1. The highest BCUT2D eigenvalue weighted by molar-refractivity contribution is 9.10. The van der Waals surface area contributed by atoms with Crippen LogP contribution in [0.25, 0.3) is 32.9 Å². The van der Waals surface area contributed by atoms with Gasteiger partial charge in [-0.25, -0.2) is 22.6 Å². The van der Waals surface area contributed by atoms with Crippen LogP contribution in [0.5, 0.6) is 0 Å². The molecule has 1 N–H and O–H groups in total. The number of aromatic nitrogens is 3. The van der Waals surface area contributed by atoms with Crippen molar-refractivity contribution in [3.63, 3.8) is 0 Å². The predicted molar refractivity (Wildman–Crippen MR) is 142 cm³/mol. The van der Waals surface area contributed by atoms with Crippen LogP contribution < -0.4 is 4.72 Å². The van der Waals surface area contributed by atoms with Gasteiger partial charge >= 0.3 is 6.09 Å². The number of ether oxygens (including phenoxy) is 1. The van der Waals surface area contributed by atoms with E-state index in [2.05, 4.69) is 30.7 Å². The van der Waals surface area contributed by atoms with E-state index in [0.29, 0.717) is 38.4 Å². The molecule has 36 heavy (non-hydrogen) atoms. The first-order valence-corrected chi connectivity index (χ1v) is 13.8. The van der Waals surface area contributed by atoms with Gasteiger partial charge in [0, 0.05) is 17.1 Å². The summed E-state index contributed by atoms with van der Waals surface area (Å²) in [4.78, 5) is 17.0. The van der Waals surface area contributed by atoms with Gasteiger partial charge < -0.3 is 4.74 Å². The van der Waals surface area contributed by atoms with Crippen molar-refractivity contribution in [2.75, 3.05) is 10.5 Å². The Balaban J connectivity index is 1.82. The fraction of sp³-hybridized carbons (Fsp3) is 0.292. The zero-order valence-corrected chi connectivity index (χ0v) is 23.1. The molecule has 0 radical (unpaired) electrons. The van der Waals surface area contributed by atoms with Gasteiger partial charge in [0.05, 0.1) is 21.8 Å². The number of hydrogen-bond acceptors (Lipinski definition) is 6. The van der Waals surface area contributed by atoms with Gasteiger partial charge in [0.25, 0.3) is 0 Å². The normalized spacial score (nSPS) is 12.3. The van der Waals surface area contributed by atoms with Crippen molar-refractivity contribution in [3.8, 4) is 11.1 Å². The first-order chi connectivity index (χ1) is 16.8. The Bertz CT molecular complexity index is 1620. The summed E-state index contributed by atoms with van der Waals surface area (Å²) in [6, 6.07) is 7.55. The van der Waals surface area contributed by atoms with Crippen LogP contribution in [0, 0.1) is 5.82 Å². The number of nitrogens with zero attached hydrogens (tertiary/aromatic N) is 3. The molecule has 0 aliphatic heterocycles. The molecule has 0 saturated heterocycles. The molecule has 0 fully saturated rings. The maximum atomic E-state index is 14.9. The van der Waals surface area contributed by atoms with Crippen LogP contribution in [0.1, 0.15) is 34.1 Å². The smallest absolute Gasteiger partial charge is 0.437 e. The minimum Gasteiger partial charge on any atom is -0.442 e. The van der Waals surface area contributed by atoms with Gasteiger partial charge in [0.15, 0.2) is 5.65 Å². The van der Waals surface area contributed by atoms with Gasteiger partial charge in [-0.05, 0) is 72.3 Å². The predicted octanol–water partition coefficient (Wildman–Crippen LogP) is 6.74. The van der Waals surface area contributed by atoms with Gasteiger partial charge in [0.2, 0.25) is 10.0 Å². The third-order valence-electron chi connectivity index (χ3n) is 5.15. The average molecular weight is 598 g/mol. The van der Waals surface area contributed by atoms with Crippen molar-refractivity contribution in [3.05, 3.63) is 52.0 Å². The molecular formula is C24H23BrClFN4O4S. The number of pyridine rings is 1. The molecule has 0 spiro atoms. The number of carbonyl (C=O) groups is 1. The highest BCUT2D eigenvalue weighted by Crippen LogP contribution is 2.39. The molecular weight excluding hydrogens is 575 g/mol. The molecule has 8 nitrogen and oxygen atoms in total. The largest absolute Gasteiger partial charge is 0.442 e. The van der Waals surface area contributed by atoms with Crippen LogP contribution in [0.2, 0.25) is 5.02 Å². The van der Waals surface area contributed by atoms with Crippen molar-refractivity contribution in [1.29, 1.82) is 0 Å². The summed E-state index contributed by atoms with van der Waals surface area (Å²) in [7, 11) is -3.62. The molecule has 0 aliphatic carbocycles. The summed E-state index contributed by atoms with van der Waals surface area (Å²) in [5.74, 6) is -0.690. The Morgan fingerprint density at radius 1 is 1.25 bits per heavy atom. The Labute approximate surface area is 221 Å². The first kappa shape index (κ1) is 26.3. The molecule has 4 aromatic rings. The number of carbonyl (C=O) groups excluding carboxylic acids is 1. The average Bonchev–Trinajstić information content (AvgIpc) is 3.11. The SMILES string of the molecule is CCCS(=O)(=O)Nc1ccc(F)c(-c2ccc3c(cnc4c3c(Br)nn4C(=O)OC(C)(C)C)c2)c1Cl. The van der Waals surface area contributed by atoms with Gasteiger partial charge in [-0.15, -0.1) is 4.68 Å². The van der Waals surface area contributed by atoms with Crippen LogP contribution in [-0.2, 0) is 14.8 Å². The lowest BCUT2D eigenvalue weighted by Crippen LogP contribution is -2.27. The summed E-state index contributed by atoms with van der Waals surface area (Å²) in [6.07, 6.45) is 1.29. The van der Waals surface area contributed by atoms with Crippen LogP contribution in [0.3, 0.4) is 0 Å². The van der Waals surface area contributed by atoms with Crippen molar-refractivity contribution in [1.82, 2.24) is 14.8 Å². The van der Waals surface area contributed by atoms with Crippen molar-refractivity contribution in [2.45, 2.75) is 39.7 Å². The summed E-state index contributed by atoms with van der Waals surface area (Å²) >= 11 is 9.86. The number of anilines is 1. The fourth-order valence-corrected chi connectivity index (χ4v) is 5.79. The summed E-state index contributed by atoms with van der Waals surface area (Å²) in [6.45, 7) is 7.00. The van der Waals surface area contributed by atoms with Crippen molar-refractivity contribution in [2.24, 2.45) is 0 Å². The van der Waals surface area contributed by atoms with E-state index in [1.54, 1.807) is 45.9 Å². The highest BCUT2D eigenvalue weighted by atomic mass is 79.9. The second kappa shape index (κ2) is 9.60. The molecule has 2 heterocycles. The molecule has 2 aromatic heterocycles. The van der Waals surface area contributed by atoms with Crippen LogP contribution in [0.15, 0.2) is 41.1 Å². The first-order valence-electron chi connectivity index (χ1n) is 11.0. The maximum absolute atomic E-state index is 14.9. The van der Waals surface area contributed by atoms with E-state index in [1.807, 2.05) is 0 Å². The third kappa shape index (κ3) is 5.18. The molecule has 0 saturated carbocycles. The zero-order chi connectivity index (χ0) is 26.4. The standard InChI is InChI=1S/C24H23BrClFN4O4S/c1-5-10-36(33,34)30-17-9-8-16(27)18(20(17)26)13-6-7-15-14(11-13)12-28-22-19(15)21(25)29-31(22)23(32)35-24(2,3)4/h6-9,11-12,30H,5,10H2,1-4H3. The topological polar surface area (TPSA) is 103 Å². The van der Waals surface area contributed by atoms with E-state index in [1.165, 1.54) is 12.3 Å². The van der Waals surface area contributed by atoms with E-state index in [-0.39, 0.29) is 22.0 Å². The van der Waals surface area contributed by atoms with E-state index in [9.17, 15) is 17.6 Å². The van der Waals surface area contributed by atoms with Gasteiger partial charge in [-0.1, -0.05) is 30.7 Å². The van der Waals surface area contributed by atoms with E-state index >= 15 is 0 Å². The number of fused-ring (bicyclic) bond motifs is 3. The van der Waals surface area contributed by atoms with E-state index in [4.69, 9.17) is 16.3 Å². The molecule has 2 aromatic carbocycles. The molecule has 0 unspecified atom stereocenters. The van der Waals surface area contributed by atoms with Crippen LogP contribution >= 0.6 is 27.5 Å². The Hall–Kier alpha value is -2.76. The summed E-state index contributed by atoms with van der Waals surface area (Å²) < 4.78 is 48.7. The lowest BCUT2D eigenvalue weighted by Gasteiger charge is -2.18. The number of rotatable bonds is 5. The Morgan fingerprint density at radius 3 is 2.64 bits per heavy atom. The number of benzene rings is 2. The molecule has 0 bridgehead atoms. The quantitative estimate of drug-likeness (QED) is 0.273. The Morgan fingerprint density at radius 2 is 1.97 bits per heavy atom. The van der Waals surface area contributed by atoms with E-state index < -0.39 is 27.5 Å². The molecule has 4 rings (SSSR count). The van der Waals surface area contributed by atoms with Gasteiger partial charge in [0.1, 0.15) is 16.0 Å². The van der Waals surface area contributed by atoms with Gasteiger partial charge in [-0.3, -0.25) is 4.72 Å². The van der Waals surface area contributed by atoms with Gasteiger partial charge in [-0.2, -0.15) is 5.10 Å². The monoisotopic (exact) mass is 596 g/mol. The minimum atomic E-state index is -3.62. The Kier molecular flexibility index (Phi) is 7.02. The molecule has 0 aliphatic rings. The van der Waals surface area contributed by atoms with Crippen LogP contribution in [0.4, 0.5) is 14.9 Å². The van der Waals surface area contributed by atoms with Crippen molar-refractivity contribution < 1.29 is 22.3 Å². The van der Waals surface area contributed by atoms with Crippen molar-refractivity contribution >= 4 is 71.1 Å². The molecule has 0 atom stereocenters. The lowest BCUT2D eigenvalue weighted by molar-refractivity contribution is 0.0521. The number of sulfonamides is 1. The lowest BCUT2D eigenvalue weighted by atomic mass is 10.00. The van der Waals surface area contributed by atoms with Crippen LogP contribution in [-0.4, -0.2) is 40.6 Å². The number of halogens is 3. The second-order valence-electron chi connectivity index (χ2n) is 9.15. The highest BCUT2D eigenvalue weighted by Gasteiger charge is 2.24. The fourth-order valence-electron chi connectivity index (χ4n) is 3.73. The number of hydrogen-bond donors (Lipinski definition) is 1. The minimum absolute atomic E-state index is 0.0537. The maximum Gasteiger partial charge on any atom is 0.437 e. The third-order valence-corrected chi connectivity index (χ3v) is 7.57. The zero-order valence-electron chi connectivity index (χ0n) is 19.9. The molecule has 190 valence electrons. The molecule has 0 amide bonds. The molecule has 12 heteroatoms. The summed E-state index contributed by atoms with van der Waals surface area (Å²) in [5.41, 5.74) is 0.164. The summed E-state index contributed by atoms with van der Waals surface area (Å²) in [5, 5.41) is 6.12. The number of nitrogens with one attached hydrogen (secondary N) is 1. The van der Waals surface area contributed by atoms with E-state index in [0.717, 1.165) is 10.7 Å².